The van der Waals surface area contributed by atoms with E-state index in [2.05, 4.69) is 9.88 Å². The maximum Gasteiger partial charge on any atom is 0.324 e. The summed E-state index contributed by atoms with van der Waals surface area (Å²) in [5.41, 5.74) is 8.51. The molecule has 2 fully saturated rings. The number of aromatic nitrogens is 1. The summed E-state index contributed by atoms with van der Waals surface area (Å²) in [6.07, 6.45) is 3.44. The van der Waals surface area contributed by atoms with Gasteiger partial charge in [0.2, 0.25) is 0 Å². The van der Waals surface area contributed by atoms with Gasteiger partial charge in [-0.25, -0.2) is 14.2 Å². The third-order valence-corrected chi connectivity index (χ3v) is 7.06. The minimum Gasteiger partial charge on any atom is -0.507 e. The van der Waals surface area contributed by atoms with Crippen LogP contribution < -0.4 is 15.5 Å². The van der Waals surface area contributed by atoms with E-state index in [-0.39, 0.29) is 17.8 Å². The lowest BCUT2D eigenvalue weighted by Crippen LogP contribution is -2.40. The first kappa shape index (κ1) is 23.4. The van der Waals surface area contributed by atoms with Gasteiger partial charge in [-0.05, 0) is 60.4 Å². The van der Waals surface area contributed by atoms with E-state index >= 15 is 0 Å². The minimum absolute atomic E-state index is 0.0509. The molecular weight excluding hydrogens is 469 g/mol. The molecule has 0 spiro atoms. The number of nitrogens with two attached hydrogens (primary N) is 1. The molecule has 2 amide bonds. The molecule has 182 valence electrons. The fourth-order valence-corrected chi connectivity index (χ4v) is 4.97. The van der Waals surface area contributed by atoms with Crippen molar-refractivity contribution in [2.45, 2.75) is 18.9 Å². The largest absolute Gasteiger partial charge is 0.507 e. The van der Waals surface area contributed by atoms with Crippen molar-refractivity contribution >= 4 is 29.1 Å². The molecule has 2 aliphatic rings. The highest BCUT2D eigenvalue weighted by molar-refractivity contribution is 6.34. The van der Waals surface area contributed by atoms with Gasteiger partial charge in [0.15, 0.2) is 0 Å². The number of halogens is 2. The molecule has 9 heteroatoms. The number of anilines is 2. The first-order valence-corrected chi connectivity index (χ1v) is 12.0. The molecular formula is C26H27ClFN5O2. The molecule has 0 unspecified atom stereocenters. The van der Waals surface area contributed by atoms with Gasteiger partial charge in [0.05, 0.1) is 10.7 Å². The van der Waals surface area contributed by atoms with Crippen LogP contribution in [0.25, 0.3) is 22.3 Å². The molecule has 2 aliphatic heterocycles. The number of pyridine rings is 1. The summed E-state index contributed by atoms with van der Waals surface area (Å²) in [4.78, 5) is 22.2. The highest BCUT2D eigenvalue weighted by Gasteiger charge is 2.28. The zero-order valence-electron chi connectivity index (χ0n) is 19.4. The van der Waals surface area contributed by atoms with E-state index < -0.39 is 5.82 Å². The number of amides is 2. The first-order valence-electron chi connectivity index (χ1n) is 11.6. The topological polar surface area (TPSA) is 85.9 Å². The van der Waals surface area contributed by atoms with Gasteiger partial charge in [-0.2, -0.15) is 0 Å². The standard InChI is InChI=1S/C26H27ClFN5O2/c1-31-10-11-33(26(31)35)23-3-2-16(12-22(23)27)20-14-18(28)15-21(25(20)34)17-4-7-30-24(13-17)32-8-5-19(29)6-9-32/h2-4,7,12-15,19,34H,5-6,8-11,29H2,1H3. The van der Waals surface area contributed by atoms with Gasteiger partial charge in [0.25, 0.3) is 0 Å². The number of hydrogen-bond donors (Lipinski definition) is 2. The number of carbonyl (C=O) groups is 1. The summed E-state index contributed by atoms with van der Waals surface area (Å²) in [6.45, 7) is 2.76. The number of likely N-dealkylation sites (N-methyl/N-ethyl adjacent to an activating group) is 1. The highest BCUT2D eigenvalue weighted by Crippen LogP contribution is 2.42. The van der Waals surface area contributed by atoms with Gasteiger partial charge in [-0.15, -0.1) is 0 Å². The molecule has 2 saturated heterocycles. The van der Waals surface area contributed by atoms with Crippen LogP contribution in [0, 0.1) is 5.82 Å². The molecule has 0 saturated carbocycles. The monoisotopic (exact) mass is 495 g/mol. The Bertz CT molecular complexity index is 1280. The predicted molar refractivity (Wildman–Crippen MR) is 137 cm³/mol. The van der Waals surface area contributed by atoms with Crippen LogP contribution in [-0.4, -0.2) is 60.3 Å². The number of phenolic OH excluding ortho intramolecular Hbond substituents is 1. The van der Waals surface area contributed by atoms with Crippen LogP contribution in [0.3, 0.4) is 0 Å². The maximum atomic E-state index is 14.8. The predicted octanol–water partition coefficient (Wildman–Crippen LogP) is 4.71. The van der Waals surface area contributed by atoms with Crippen LogP contribution in [0.5, 0.6) is 5.75 Å². The van der Waals surface area contributed by atoms with Gasteiger partial charge in [0.1, 0.15) is 17.4 Å². The van der Waals surface area contributed by atoms with E-state index in [0.29, 0.717) is 46.1 Å². The molecule has 2 aromatic carbocycles. The first-order chi connectivity index (χ1) is 16.8. The van der Waals surface area contributed by atoms with Crippen LogP contribution in [0.1, 0.15) is 12.8 Å². The number of nitrogens with zero attached hydrogens (tertiary/aromatic N) is 4. The number of piperidine rings is 1. The summed E-state index contributed by atoms with van der Waals surface area (Å²) in [7, 11) is 1.74. The Morgan fingerprint density at radius 3 is 2.34 bits per heavy atom. The van der Waals surface area contributed by atoms with Gasteiger partial charge >= 0.3 is 6.03 Å². The van der Waals surface area contributed by atoms with Gasteiger partial charge in [-0.3, -0.25) is 4.90 Å². The number of carbonyl (C=O) groups excluding carboxylic acids is 1. The zero-order valence-corrected chi connectivity index (χ0v) is 20.2. The fraction of sp³-hybridized carbons (Fsp3) is 0.308. The van der Waals surface area contributed by atoms with Crippen LogP contribution in [0.15, 0.2) is 48.7 Å². The Morgan fingerprint density at radius 2 is 1.71 bits per heavy atom. The van der Waals surface area contributed by atoms with Gasteiger partial charge in [-0.1, -0.05) is 17.7 Å². The van der Waals surface area contributed by atoms with Crippen molar-refractivity contribution < 1.29 is 14.3 Å². The molecule has 3 aromatic rings. The van der Waals surface area contributed by atoms with Crippen LogP contribution in [-0.2, 0) is 0 Å². The number of aromatic hydroxyl groups is 1. The average molecular weight is 496 g/mol. The van der Waals surface area contributed by atoms with Crippen molar-refractivity contribution in [3.63, 3.8) is 0 Å². The Labute approximate surface area is 208 Å². The lowest BCUT2D eigenvalue weighted by molar-refractivity contribution is 0.229. The molecule has 0 bridgehead atoms. The third-order valence-electron chi connectivity index (χ3n) is 6.76. The van der Waals surface area contributed by atoms with Crippen LogP contribution in [0.4, 0.5) is 20.7 Å². The maximum absolute atomic E-state index is 14.8. The van der Waals surface area contributed by atoms with Crippen LogP contribution >= 0.6 is 11.6 Å². The van der Waals surface area contributed by atoms with Crippen molar-refractivity contribution in [2.24, 2.45) is 5.73 Å². The molecule has 1 aromatic heterocycles. The quantitative estimate of drug-likeness (QED) is 0.547. The number of rotatable bonds is 4. The second-order valence-corrected chi connectivity index (χ2v) is 9.51. The molecule has 0 atom stereocenters. The van der Waals surface area contributed by atoms with Crippen molar-refractivity contribution in [1.29, 1.82) is 0 Å². The lowest BCUT2D eigenvalue weighted by atomic mass is 9.97. The third kappa shape index (κ3) is 4.51. The zero-order chi connectivity index (χ0) is 24.7. The number of benzene rings is 2. The second kappa shape index (κ2) is 9.36. The number of hydrogen-bond acceptors (Lipinski definition) is 5. The Kier molecular flexibility index (Phi) is 6.25. The van der Waals surface area contributed by atoms with Crippen molar-refractivity contribution in [1.82, 2.24) is 9.88 Å². The summed E-state index contributed by atoms with van der Waals surface area (Å²) in [6, 6.07) is 11.4. The van der Waals surface area contributed by atoms with Crippen molar-refractivity contribution in [3.8, 4) is 28.0 Å². The highest BCUT2D eigenvalue weighted by atomic mass is 35.5. The molecule has 0 radical (unpaired) electrons. The van der Waals surface area contributed by atoms with E-state index in [1.165, 1.54) is 12.1 Å². The Hall–Kier alpha value is -3.36. The normalized spacial score (nSPS) is 16.9. The summed E-state index contributed by atoms with van der Waals surface area (Å²) in [5, 5.41) is 11.5. The molecule has 3 heterocycles. The number of phenols is 1. The molecule has 35 heavy (non-hydrogen) atoms. The smallest absolute Gasteiger partial charge is 0.324 e. The summed E-state index contributed by atoms with van der Waals surface area (Å²) < 4.78 is 14.8. The second-order valence-electron chi connectivity index (χ2n) is 9.10. The molecule has 5 rings (SSSR count). The average Bonchev–Trinajstić information content (AvgIpc) is 3.18. The SMILES string of the molecule is CN1CCN(c2ccc(-c3cc(F)cc(-c4ccnc(N5CCC(N)CC5)c4)c3O)cc2Cl)C1=O. The summed E-state index contributed by atoms with van der Waals surface area (Å²) in [5.74, 6) is 0.240. The van der Waals surface area contributed by atoms with E-state index in [9.17, 15) is 14.3 Å². The van der Waals surface area contributed by atoms with E-state index in [1.807, 2.05) is 6.07 Å². The Balaban J connectivity index is 1.49. The Morgan fingerprint density at radius 1 is 1.03 bits per heavy atom. The van der Waals surface area contributed by atoms with Crippen molar-refractivity contribution in [2.75, 3.05) is 43.0 Å². The molecule has 7 nitrogen and oxygen atoms in total. The lowest BCUT2D eigenvalue weighted by Gasteiger charge is -2.31. The van der Waals surface area contributed by atoms with Crippen molar-refractivity contribution in [3.05, 3.63) is 59.5 Å². The van der Waals surface area contributed by atoms with Crippen LogP contribution in [0.2, 0.25) is 5.02 Å². The molecule has 3 N–H and O–H groups in total. The van der Waals surface area contributed by atoms with Gasteiger partial charge in [0, 0.05) is 56.6 Å². The molecule has 0 aliphatic carbocycles. The minimum atomic E-state index is -0.480. The van der Waals surface area contributed by atoms with E-state index in [1.54, 1.807) is 47.3 Å². The van der Waals surface area contributed by atoms with Gasteiger partial charge < -0.3 is 20.6 Å². The van der Waals surface area contributed by atoms with E-state index in [0.717, 1.165) is 31.7 Å². The van der Waals surface area contributed by atoms with E-state index in [4.69, 9.17) is 17.3 Å². The number of urea groups is 1. The summed E-state index contributed by atoms with van der Waals surface area (Å²) >= 11 is 6.53. The fourth-order valence-electron chi connectivity index (χ4n) is 4.69.